The summed E-state index contributed by atoms with van der Waals surface area (Å²) in [6.07, 6.45) is 8.17. The van der Waals surface area contributed by atoms with Crippen LogP contribution in [0.5, 0.6) is 0 Å². The summed E-state index contributed by atoms with van der Waals surface area (Å²) < 4.78 is 4.67. The van der Waals surface area contributed by atoms with E-state index in [1.807, 2.05) is 12.4 Å². The number of nitrogens with zero attached hydrogens (tertiary/aromatic N) is 4. The second-order valence-electron chi connectivity index (χ2n) is 7.96. The number of pyridine rings is 1. The molecule has 0 atom stereocenters. The standard InChI is InChI=1S/C25H20IN6S/c1-32(2)18-5-7-26-11-17(9-18)15-3-4-21-19(10-15)24(31-30-21)25-28-22-13-27-12-20(23(22)29-25)16-6-8-33-14-16/h3-14H,1-2H3,(H,28,29)(H,30,31)/q-1. The third-order valence-corrected chi connectivity index (χ3v) is 8.14. The maximum atomic E-state index is 4.94. The Hall–Kier alpha value is -3.24. The number of likely N-dealkylation sites (N-methyl/N-ethyl adjacent to an activating group) is 1. The normalized spacial score (nSPS) is 14.1. The molecule has 6 nitrogen and oxygen atoms in total. The van der Waals surface area contributed by atoms with E-state index in [1.54, 1.807) is 11.3 Å². The molecule has 0 fully saturated rings. The number of rotatable bonds is 4. The average Bonchev–Trinajstić information content (AvgIpc) is 3.54. The summed E-state index contributed by atoms with van der Waals surface area (Å²) in [4.78, 5) is 14.9. The van der Waals surface area contributed by atoms with E-state index in [1.165, 1.54) is 16.8 Å². The molecule has 33 heavy (non-hydrogen) atoms. The molecule has 0 spiro atoms. The number of hydrogen-bond acceptors (Lipinski definition) is 5. The molecule has 0 aliphatic carbocycles. The van der Waals surface area contributed by atoms with E-state index >= 15 is 0 Å². The number of nitrogens with one attached hydrogen (secondary N) is 2. The van der Waals surface area contributed by atoms with Crippen LogP contribution in [-0.4, -0.2) is 44.1 Å². The van der Waals surface area contributed by atoms with Crippen LogP contribution in [0.15, 0.2) is 73.4 Å². The van der Waals surface area contributed by atoms with Gasteiger partial charge in [0.15, 0.2) is 0 Å². The van der Waals surface area contributed by atoms with Gasteiger partial charge in [0.2, 0.25) is 0 Å². The van der Waals surface area contributed by atoms with Gasteiger partial charge in [0.25, 0.3) is 0 Å². The molecule has 5 heterocycles. The van der Waals surface area contributed by atoms with E-state index in [0.29, 0.717) is 0 Å². The molecule has 164 valence electrons. The molecule has 4 aromatic heterocycles. The van der Waals surface area contributed by atoms with Crippen molar-refractivity contribution < 1.29 is 21.2 Å². The van der Waals surface area contributed by atoms with Crippen LogP contribution in [0.2, 0.25) is 0 Å². The molecule has 0 saturated carbocycles. The molecule has 0 amide bonds. The molecule has 1 aliphatic heterocycles. The summed E-state index contributed by atoms with van der Waals surface area (Å²) in [5.74, 6) is 0.742. The Kier molecular flexibility index (Phi) is 5.11. The van der Waals surface area contributed by atoms with E-state index < -0.39 is 0 Å². The van der Waals surface area contributed by atoms with E-state index in [4.69, 9.17) is 4.98 Å². The van der Waals surface area contributed by atoms with Gasteiger partial charge in [-0.3, -0.25) is 0 Å². The zero-order chi connectivity index (χ0) is 22.4. The Morgan fingerprint density at radius 2 is 2.00 bits per heavy atom. The number of thiophene rings is 1. The molecule has 0 saturated heterocycles. The number of aromatic amines is 2. The molecule has 2 N–H and O–H groups in total. The number of H-pyrrole nitrogens is 2. The van der Waals surface area contributed by atoms with Crippen molar-refractivity contribution in [2.75, 3.05) is 14.1 Å². The van der Waals surface area contributed by atoms with Gasteiger partial charge in [0.1, 0.15) is 0 Å². The predicted molar refractivity (Wildman–Crippen MR) is 131 cm³/mol. The monoisotopic (exact) mass is 563 g/mol. The third-order valence-electron chi connectivity index (χ3n) is 5.65. The first-order valence-corrected chi connectivity index (χ1v) is 13.8. The van der Waals surface area contributed by atoms with E-state index in [9.17, 15) is 0 Å². The molecule has 0 unspecified atom stereocenters. The summed E-state index contributed by atoms with van der Waals surface area (Å²) in [6.45, 7) is 0. The van der Waals surface area contributed by atoms with Gasteiger partial charge in [-0.1, -0.05) is 0 Å². The predicted octanol–water partition coefficient (Wildman–Crippen LogP) is 2.63. The number of aromatic nitrogens is 5. The molecule has 0 bridgehead atoms. The molecule has 0 radical (unpaired) electrons. The van der Waals surface area contributed by atoms with Crippen molar-refractivity contribution in [3.8, 4) is 22.6 Å². The Bertz CT molecular complexity index is 1570. The van der Waals surface area contributed by atoms with Crippen LogP contribution in [-0.2, 0) is 0 Å². The van der Waals surface area contributed by atoms with E-state index in [-0.39, 0.29) is 21.2 Å². The molecule has 6 rings (SSSR count). The Labute approximate surface area is 205 Å². The first-order valence-electron chi connectivity index (χ1n) is 10.4. The molecular formula is C25H20IN6S-. The number of benzene rings is 1. The fourth-order valence-corrected chi connectivity index (χ4v) is 6.28. The van der Waals surface area contributed by atoms with Crippen molar-refractivity contribution in [1.82, 2.24) is 30.0 Å². The number of halogens is 1. The molecule has 1 aromatic carbocycles. The van der Waals surface area contributed by atoms with E-state index in [0.717, 1.165) is 44.6 Å². The van der Waals surface area contributed by atoms with Crippen LogP contribution in [0.25, 0.3) is 50.2 Å². The summed E-state index contributed by atoms with van der Waals surface area (Å²) >= 11 is 1.55. The Morgan fingerprint density at radius 1 is 1.06 bits per heavy atom. The number of allylic oxidation sites excluding steroid dienone is 3. The average molecular weight is 563 g/mol. The van der Waals surface area contributed by atoms with Crippen molar-refractivity contribution in [1.29, 1.82) is 0 Å². The number of hydrogen-bond donors (Lipinski definition) is 2. The van der Waals surface area contributed by atoms with Crippen LogP contribution in [0.1, 0.15) is 5.56 Å². The Balaban J connectivity index is 1.47. The minimum atomic E-state index is -0.122. The summed E-state index contributed by atoms with van der Waals surface area (Å²) in [7, 11) is 4.16. The molecule has 5 aromatic rings. The van der Waals surface area contributed by atoms with Crippen LogP contribution in [0.3, 0.4) is 0 Å². The first-order chi connectivity index (χ1) is 16.2. The fourth-order valence-electron chi connectivity index (χ4n) is 3.92. The quantitative estimate of drug-likeness (QED) is 0.330. The van der Waals surface area contributed by atoms with Gasteiger partial charge in [-0.25, -0.2) is 0 Å². The maximum absolute atomic E-state index is 4.94. The topological polar surface area (TPSA) is 73.5 Å². The SMILES string of the molecule is CN(C)C1=CC(c2ccc3[nH]nc(-c4nc5c(-c6ccsc6)cncc5[nH]4)c3c2)=C[I-]C=C1. The van der Waals surface area contributed by atoms with Crippen LogP contribution >= 0.6 is 11.3 Å². The first kappa shape index (κ1) is 20.4. The van der Waals surface area contributed by atoms with Gasteiger partial charge < -0.3 is 0 Å². The van der Waals surface area contributed by atoms with Gasteiger partial charge in [-0.05, 0) is 5.38 Å². The minimum absolute atomic E-state index is 0.122. The molecule has 8 heteroatoms. The third kappa shape index (κ3) is 3.68. The zero-order valence-electron chi connectivity index (χ0n) is 18.0. The van der Waals surface area contributed by atoms with Gasteiger partial charge in [0.05, 0.1) is 0 Å². The number of fused-ring (bicyclic) bond motifs is 2. The van der Waals surface area contributed by atoms with Crippen molar-refractivity contribution >= 4 is 38.8 Å². The fraction of sp³-hybridized carbons (Fsp3) is 0.0800. The van der Waals surface area contributed by atoms with Crippen LogP contribution in [0, 0.1) is 0 Å². The zero-order valence-corrected chi connectivity index (χ0v) is 21.0. The summed E-state index contributed by atoms with van der Waals surface area (Å²) in [5.41, 5.74) is 9.42. The Morgan fingerprint density at radius 3 is 2.85 bits per heavy atom. The van der Waals surface area contributed by atoms with Crippen LogP contribution < -0.4 is 21.2 Å². The van der Waals surface area contributed by atoms with Gasteiger partial charge in [-0.2, -0.15) is 11.3 Å². The van der Waals surface area contributed by atoms with Crippen molar-refractivity contribution in [3.63, 3.8) is 0 Å². The van der Waals surface area contributed by atoms with Crippen molar-refractivity contribution in [3.05, 3.63) is 79.0 Å². The summed E-state index contributed by atoms with van der Waals surface area (Å²) in [6, 6.07) is 8.57. The second kappa shape index (κ2) is 8.27. The van der Waals surface area contributed by atoms with Gasteiger partial charge in [-0.15, -0.1) is 0 Å². The van der Waals surface area contributed by atoms with Gasteiger partial charge >= 0.3 is 189 Å². The second-order valence-corrected chi connectivity index (χ2v) is 10.8. The van der Waals surface area contributed by atoms with Crippen LogP contribution in [0.4, 0.5) is 0 Å². The van der Waals surface area contributed by atoms with Gasteiger partial charge in [0, 0.05) is 0 Å². The van der Waals surface area contributed by atoms with E-state index in [2.05, 4.69) is 94.5 Å². The molecular weight excluding hydrogens is 543 g/mol. The molecule has 1 aliphatic rings. The summed E-state index contributed by atoms with van der Waals surface area (Å²) in [5, 5.41) is 13.0. The van der Waals surface area contributed by atoms with Crippen molar-refractivity contribution in [2.24, 2.45) is 0 Å². The van der Waals surface area contributed by atoms with Crippen molar-refractivity contribution in [2.45, 2.75) is 0 Å². The number of imidazole rings is 1.